The summed E-state index contributed by atoms with van der Waals surface area (Å²) in [4.78, 5) is 27.7. The molecule has 0 radical (unpaired) electrons. The van der Waals surface area contributed by atoms with Gasteiger partial charge in [0.15, 0.2) is 0 Å². The maximum absolute atomic E-state index is 12.7. The Morgan fingerprint density at radius 2 is 1.10 bits per heavy atom. The van der Waals surface area contributed by atoms with E-state index in [9.17, 15) is 9.59 Å². The Labute approximate surface area is 180 Å². The second-order valence-electron chi connectivity index (χ2n) is 6.94. The minimum atomic E-state index is -0.177. The van der Waals surface area contributed by atoms with E-state index in [4.69, 9.17) is 0 Å². The fourth-order valence-electron chi connectivity index (χ4n) is 3.64. The van der Waals surface area contributed by atoms with Crippen molar-refractivity contribution in [2.45, 2.75) is 0 Å². The molecule has 0 N–H and O–H groups in total. The third kappa shape index (κ3) is 3.26. The summed E-state index contributed by atoms with van der Waals surface area (Å²) in [5.41, 5.74) is 3.44. The number of anilines is 3. The molecule has 30 heavy (non-hydrogen) atoms. The molecule has 4 aromatic rings. The van der Waals surface area contributed by atoms with Crippen molar-refractivity contribution >= 4 is 48.1 Å². The Bertz CT molecular complexity index is 1200. The number of allylic oxidation sites excluding steroid dienone is 1. The van der Waals surface area contributed by atoms with E-state index in [1.165, 1.54) is 0 Å². The van der Waals surface area contributed by atoms with E-state index in [0.717, 1.165) is 20.4 Å². The summed E-state index contributed by atoms with van der Waals surface area (Å²) >= 11 is -0.0337. The predicted molar refractivity (Wildman–Crippen MR) is 121 cm³/mol. The monoisotopic (exact) mass is 455 g/mol. The number of benzene rings is 3. The summed E-state index contributed by atoms with van der Waals surface area (Å²) in [6.07, 6.45) is 1.78. The molecular formula is C26H17NO2Se. The fourth-order valence-corrected chi connectivity index (χ4v) is 5.73. The van der Waals surface area contributed by atoms with Crippen LogP contribution in [0.15, 0.2) is 103 Å². The van der Waals surface area contributed by atoms with Crippen LogP contribution in [0, 0.1) is 0 Å². The van der Waals surface area contributed by atoms with Crippen molar-refractivity contribution in [3.63, 3.8) is 0 Å². The van der Waals surface area contributed by atoms with Crippen molar-refractivity contribution in [1.82, 2.24) is 0 Å². The van der Waals surface area contributed by atoms with Gasteiger partial charge in [-0.1, -0.05) is 0 Å². The van der Waals surface area contributed by atoms with Gasteiger partial charge in [0, 0.05) is 0 Å². The van der Waals surface area contributed by atoms with Crippen molar-refractivity contribution in [3.05, 3.63) is 118 Å². The van der Waals surface area contributed by atoms with Crippen molar-refractivity contribution in [3.8, 4) is 0 Å². The van der Waals surface area contributed by atoms with E-state index in [1.54, 1.807) is 30.3 Å². The van der Waals surface area contributed by atoms with Gasteiger partial charge in [0.05, 0.1) is 0 Å². The van der Waals surface area contributed by atoms with E-state index in [2.05, 4.69) is 35.2 Å². The molecule has 0 fully saturated rings. The molecule has 0 saturated heterocycles. The first-order valence-corrected chi connectivity index (χ1v) is 11.3. The van der Waals surface area contributed by atoms with Crippen LogP contribution in [0.2, 0.25) is 0 Å². The normalized spacial score (nSPS) is 12.7. The number of Topliss-reactive ketones (excluding diaryl/α,β-unsaturated/α-hetero) is 2. The van der Waals surface area contributed by atoms with Gasteiger partial charge in [-0.05, 0) is 0 Å². The molecule has 0 saturated carbocycles. The van der Waals surface area contributed by atoms with Gasteiger partial charge in [-0.15, -0.1) is 0 Å². The van der Waals surface area contributed by atoms with E-state index >= 15 is 0 Å². The molecule has 0 bridgehead atoms. The molecule has 0 atom stereocenters. The number of para-hydroxylation sites is 2. The van der Waals surface area contributed by atoms with E-state index < -0.39 is 0 Å². The topological polar surface area (TPSA) is 37.4 Å². The summed E-state index contributed by atoms with van der Waals surface area (Å²) in [6.45, 7) is 0. The van der Waals surface area contributed by atoms with Gasteiger partial charge >= 0.3 is 181 Å². The molecule has 1 heterocycles. The molecule has 3 nitrogen and oxygen atoms in total. The van der Waals surface area contributed by atoms with Crippen molar-refractivity contribution in [2.75, 3.05) is 4.90 Å². The van der Waals surface area contributed by atoms with Gasteiger partial charge < -0.3 is 0 Å². The standard InChI is InChI=1S/C26H17NO2Se/c28-25-21-13-7-8-14-22(21)26(29)23(25)17-20-15-16-24(30-20)27(18-9-3-1-4-10-18)19-11-5-2-6-12-19/h1-17H. The van der Waals surface area contributed by atoms with E-state index in [-0.39, 0.29) is 31.6 Å². The molecule has 0 spiro atoms. The zero-order valence-electron chi connectivity index (χ0n) is 16.0. The number of carbonyl (C=O) groups excluding carboxylic acids is 2. The zero-order chi connectivity index (χ0) is 20.5. The molecule has 4 heteroatoms. The van der Waals surface area contributed by atoms with Gasteiger partial charge in [0.25, 0.3) is 0 Å². The van der Waals surface area contributed by atoms with Crippen LogP contribution in [0.5, 0.6) is 0 Å². The molecule has 0 amide bonds. The number of nitrogens with zero attached hydrogens (tertiary/aromatic N) is 1. The number of rotatable bonds is 4. The third-order valence-corrected chi connectivity index (χ3v) is 7.19. The number of fused-ring (bicyclic) bond motifs is 1. The summed E-state index contributed by atoms with van der Waals surface area (Å²) in [5, 5.41) is 0. The number of hydrogen-bond acceptors (Lipinski definition) is 3. The SMILES string of the molecule is O=C1C(=Cc2ccc(N(c3ccccc3)c3ccccc3)[se]2)C(=O)c2ccccc21. The van der Waals surface area contributed by atoms with Gasteiger partial charge in [0.1, 0.15) is 0 Å². The minimum absolute atomic E-state index is 0.0337. The molecule has 0 aliphatic heterocycles. The van der Waals surface area contributed by atoms with Crippen LogP contribution in [0.1, 0.15) is 25.2 Å². The summed E-state index contributed by atoms with van der Waals surface area (Å²) in [7, 11) is 0. The molecule has 1 aromatic heterocycles. The van der Waals surface area contributed by atoms with Gasteiger partial charge in [-0.25, -0.2) is 0 Å². The van der Waals surface area contributed by atoms with Crippen molar-refractivity contribution < 1.29 is 9.59 Å². The van der Waals surface area contributed by atoms with Gasteiger partial charge in [-0.3, -0.25) is 0 Å². The fraction of sp³-hybridized carbons (Fsp3) is 0. The quantitative estimate of drug-likeness (QED) is 0.226. The van der Waals surface area contributed by atoms with Crippen LogP contribution < -0.4 is 4.90 Å². The molecule has 5 rings (SSSR count). The van der Waals surface area contributed by atoms with Crippen LogP contribution in [0.25, 0.3) is 6.08 Å². The first kappa shape index (κ1) is 18.6. The predicted octanol–water partition coefficient (Wildman–Crippen LogP) is 5.68. The molecule has 1 aliphatic carbocycles. The first-order valence-electron chi connectivity index (χ1n) is 9.62. The second-order valence-corrected chi connectivity index (χ2v) is 9.24. The Hall–Kier alpha value is -3.46. The number of ketones is 2. The van der Waals surface area contributed by atoms with Crippen molar-refractivity contribution in [1.29, 1.82) is 0 Å². The Morgan fingerprint density at radius 1 is 0.600 bits per heavy atom. The van der Waals surface area contributed by atoms with Crippen LogP contribution in [-0.2, 0) is 0 Å². The number of carbonyl (C=O) groups is 2. The van der Waals surface area contributed by atoms with Gasteiger partial charge in [0.2, 0.25) is 0 Å². The maximum atomic E-state index is 12.7. The van der Waals surface area contributed by atoms with Gasteiger partial charge in [-0.2, -0.15) is 0 Å². The average molecular weight is 454 g/mol. The Kier molecular flexibility index (Phi) is 4.80. The Balaban J connectivity index is 1.54. The molecule has 1 aliphatic rings. The summed E-state index contributed by atoms with van der Waals surface area (Å²) < 4.78 is 2.17. The first-order chi connectivity index (χ1) is 14.7. The van der Waals surface area contributed by atoms with E-state index in [1.807, 2.05) is 42.5 Å². The zero-order valence-corrected chi connectivity index (χ0v) is 17.7. The third-order valence-electron chi connectivity index (χ3n) is 5.05. The molecule has 144 valence electrons. The molecular weight excluding hydrogens is 437 g/mol. The van der Waals surface area contributed by atoms with Crippen LogP contribution in [0.4, 0.5) is 15.9 Å². The molecule has 0 unspecified atom stereocenters. The average Bonchev–Trinajstić information content (AvgIpc) is 3.35. The van der Waals surface area contributed by atoms with E-state index in [0.29, 0.717) is 11.1 Å². The summed E-state index contributed by atoms with van der Waals surface area (Å²) in [5.74, 6) is -0.354. The molecule has 3 aromatic carbocycles. The van der Waals surface area contributed by atoms with Crippen LogP contribution in [0.3, 0.4) is 0 Å². The summed E-state index contributed by atoms with van der Waals surface area (Å²) in [6, 6.07) is 31.6. The van der Waals surface area contributed by atoms with Crippen molar-refractivity contribution in [2.24, 2.45) is 0 Å². The number of hydrogen-bond donors (Lipinski definition) is 0. The van der Waals surface area contributed by atoms with Crippen LogP contribution in [-0.4, -0.2) is 26.1 Å². The Morgan fingerprint density at radius 3 is 1.63 bits per heavy atom. The second kappa shape index (κ2) is 7.75. The van der Waals surface area contributed by atoms with Crippen LogP contribution >= 0.6 is 0 Å².